The van der Waals surface area contributed by atoms with Gasteiger partial charge in [0.2, 0.25) is 0 Å². The second-order valence-corrected chi connectivity index (χ2v) is 11.1. The summed E-state index contributed by atoms with van der Waals surface area (Å²) >= 11 is 0. The maximum Gasteiger partial charge on any atom is 0.412 e. The fraction of sp³-hybridized carbons (Fsp3) is 0.278. The van der Waals surface area contributed by atoms with E-state index in [-0.39, 0.29) is 5.70 Å². The fourth-order valence-corrected chi connectivity index (χ4v) is 2.11. The number of allylic oxidation sites excluding steroid dienone is 2. The van der Waals surface area contributed by atoms with E-state index in [9.17, 15) is 18.0 Å². The number of alkyl halides is 3. The molecule has 1 aromatic rings. The van der Waals surface area contributed by atoms with E-state index in [1.165, 1.54) is 0 Å². The second kappa shape index (κ2) is 7.54. The summed E-state index contributed by atoms with van der Waals surface area (Å²) in [7, 11) is -1.54. The average Bonchev–Trinajstić information content (AvgIpc) is 2.43. The maximum atomic E-state index is 12.5. The predicted molar refractivity (Wildman–Crippen MR) is 93.1 cm³/mol. The fourth-order valence-electron chi connectivity index (χ4n) is 1.60. The molecule has 0 aliphatic heterocycles. The Kier molecular flexibility index (Phi) is 6.21. The largest absolute Gasteiger partial charge is 0.412 e. The van der Waals surface area contributed by atoms with Crippen molar-refractivity contribution >= 4 is 14.0 Å². The number of hydrogen-bond donors (Lipinski definition) is 1. The highest BCUT2D eigenvalue weighted by atomic mass is 28.3. The minimum Gasteiger partial charge on any atom is -0.323 e. The molecule has 0 heterocycles. The van der Waals surface area contributed by atoms with E-state index in [0.29, 0.717) is 11.1 Å². The molecule has 1 N–H and O–H groups in total. The third-order valence-corrected chi connectivity index (χ3v) is 3.69. The van der Waals surface area contributed by atoms with E-state index in [1.54, 1.807) is 24.3 Å². The highest BCUT2D eigenvalue weighted by Crippen LogP contribution is 2.25. The Morgan fingerprint density at radius 3 is 2.46 bits per heavy atom. The molecule has 1 aromatic carbocycles. The first-order valence-electron chi connectivity index (χ1n) is 7.27. The summed E-state index contributed by atoms with van der Waals surface area (Å²) < 4.78 is 37.4. The normalized spacial score (nSPS) is 12.2. The predicted octanol–water partition coefficient (Wildman–Crippen LogP) is 4.67. The Labute approximate surface area is 141 Å². The number of halogens is 3. The second-order valence-electron chi connectivity index (χ2n) is 6.39. The SMILES string of the molecule is C=C(/C=C(\C)C(F)(F)F)NC(=O)c1cccc(C#C[Si](C)(C)C)c1. The van der Waals surface area contributed by atoms with Crippen molar-refractivity contribution < 1.29 is 18.0 Å². The Bertz CT molecular complexity index is 731. The standard InChI is InChI=1S/C18H20F3NOSi/c1-13(18(19,20)21)11-14(2)22-17(23)16-8-6-7-15(12-16)9-10-24(3,4)5/h6-8,11-12H,2H2,1,3-5H3,(H,22,23)/b13-11+. The van der Waals surface area contributed by atoms with Crippen LogP contribution in [0.3, 0.4) is 0 Å². The van der Waals surface area contributed by atoms with Gasteiger partial charge in [-0.05, 0) is 31.2 Å². The smallest absolute Gasteiger partial charge is 0.323 e. The lowest BCUT2D eigenvalue weighted by Crippen LogP contribution is -2.22. The quantitative estimate of drug-likeness (QED) is 0.479. The molecule has 0 spiro atoms. The van der Waals surface area contributed by atoms with Gasteiger partial charge in [0.15, 0.2) is 0 Å². The molecule has 0 saturated carbocycles. The molecular weight excluding hydrogens is 331 g/mol. The molecule has 1 rings (SSSR count). The van der Waals surface area contributed by atoms with Gasteiger partial charge in [-0.3, -0.25) is 4.79 Å². The van der Waals surface area contributed by atoms with Gasteiger partial charge in [0.1, 0.15) is 8.07 Å². The van der Waals surface area contributed by atoms with Crippen LogP contribution in [-0.2, 0) is 0 Å². The number of rotatable bonds is 3. The molecule has 6 heteroatoms. The van der Waals surface area contributed by atoms with Crippen LogP contribution in [0.25, 0.3) is 0 Å². The average molecular weight is 351 g/mol. The van der Waals surface area contributed by atoms with E-state index >= 15 is 0 Å². The van der Waals surface area contributed by atoms with Crippen molar-refractivity contribution in [2.45, 2.75) is 32.7 Å². The number of nitrogens with one attached hydrogen (secondary N) is 1. The summed E-state index contributed by atoms with van der Waals surface area (Å²) in [6, 6.07) is 6.65. The zero-order chi connectivity index (χ0) is 18.5. The molecule has 0 aliphatic carbocycles. The molecule has 0 saturated heterocycles. The van der Waals surface area contributed by atoms with Crippen molar-refractivity contribution in [2.75, 3.05) is 0 Å². The van der Waals surface area contributed by atoms with Crippen molar-refractivity contribution in [2.24, 2.45) is 0 Å². The summed E-state index contributed by atoms with van der Waals surface area (Å²) in [6.45, 7) is 10.7. The monoisotopic (exact) mass is 351 g/mol. The van der Waals surface area contributed by atoms with Gasteiger partial charge < -0.3 is 5.32 Å². The summed E-state index contributed by atoms with van der Waals surface area (Å²) in [5, 5.41) is 2.35. The highest BCUT2D eigenvalue weighted by Gasteiger charge is 2.29. The minimum absolute atomic E-state index is 0.117. The molecular formula is C18H20F3NOSi. The lowest BCUT2D eigenvalue weighted by Gasteiger charge is -2.09. The lowest BCUT2D eigenvalue weighted by atomic mass is 10.1. The van der Waals surface area contributed by atoms with Gasteiger partial charge >= 0.3 is 6.18 Å². The van der Waals surface area contributed by atoms with Gasteiger partial charge in [-0.2, -0.15) is 13.2 Å². The third-order valence-electron chi connectivity index (χ3n) is 2.82. The van der Waals surface area contributed by atoms with Crippen LogP contribution in [0.1, 0.15) is 22.8 Å². The van der Waals surface area contributed by atoms with Gasteiger partial charge in [-0.25, -0.2) is 0 Å². The molecule has 24 heavy (non-hydrogen) atoms. The Morgan fingerprint density at radius 2 is 1.92 bits per heavy atom. The molecule has 0 fully saturated rings. The van der Waals surface area contributed by atoms with Crippen LogP contribution in [0.4, 0.5) is 13.2 Å². The Hall–Kier alpha value is -2.26. The van der Waals surface area contributed by atoms with Crippen molar-refractivity contribution in [3.8, 4) is 11.5 Å². The van der Waals surface area contributed by atoms with Crippen LogP contribution in [0.2, 0.25) is 19.6 Å². The highest BCUT2D eigenvalue weighted by molar-refractivity contribution is 6.83. The van der Waals surface area contributed by atoms with Gasteiger partial charge in [0.25, 0.3) is 5.91 Å². The van der Waals surface area contributed by atoms with Crippen LogP contribution in [0.5, 0.6) is 0 Å². The van der Waals surface area contributed by atoms with Crippen molar-refractivity contribution in [3.05, 3.63) is 59.3 Å². The summed E-state index contributed by atoms with van der Waals surface area (Å²) in [6.07, 6.45) is -3.65. The van der Waals surface area contributed by atoms with Crippen molar-refractivity contribution in [1.82, 2.24) is 5.32 Å². The molecule has 128 valence electrons. The zero-order valence-electron chi connectivity index (χ0n) is 14.1. The first kappa shape index (κ1) is 19.8. The number of amides is 1. The van der Waals surface area contributed by atoms with E-state index in [2.05, 4.69) is 43.0 Å². The molecule has 0 bridgehead atoms. The maximum absolute atomic E-state index is 12.5. The van der Waals surface area contributed by atoms with Crippen LogP contribution in [0, 0.1) is 11.5 Å². The van der Waals surface area contributed by atoms with Crippen LogP contribution in [-0.4, -0.2) is 20.2 Å². The molecule has 0 radical (unpaired) electrons. The van der Waals surface area contributed by atoms with Gasteiger partial charge in [-0.1, -0.05) is 38.2 Å². The molecule has 0 aliphatic rings. The number of benzene rings is 1. The molecule has 0 atom stereocenters. The minimum atomic E-state index is -4.44. The van der Waals surface area contributed by atoms with Gasteiger partial charge in [0, 0.05) is 22.4 Å². The molecule has 2 nitrogen and oxygen atoms in total. The lowest BCUT2D eigenvalue weighted by molar-refractivity contribution is -0.0913. The topological polar surface area (TPSA) is 29.1 Å². The number of hydrogen-bond acceptors (Lipinski definition) is 1. The van der Waals surface area contributed by atoms with E-state index in [1.807, 2.05) is 0 Å². The zero-order valence-corrected chi connectivity index (χ0v) is 15.1. The van der Waals surface area contributed by atoms with E-state index < -0.39 is 25.7 Å². The van der Waals surface area contributed by atoms with Gasteiger partial charge in [0.05, 0.1) is 0 Å². The summed E-state index contributed by atoms with van der Waals surface area (Å²) in [5.41, 5.74) is 3.25. The summed E-state index contributed by atoms with van der Waals surface area (Å²) in [4.78, 5) is 12.1. The van der Waals surface area contributed by atoms with E-state index in [4.69, 9.17) is 0 Å². The van der Waals surface area contributed by atoms with Crippen LogP contribution >= 0.6 is 0 Å². The van der Waals surface area contributed by atoms with Gasteiger partial charge in [-0.15, -0.1) is 5.54 Å². The molecule has 1 amide bonds. The van der Waals surface area contributed by atoms with Crippen molar-refractivity contribution in [3.63, 3.8) is 0 Å². The first-order valence-corrected chi connectivity index (χ1v) is 10.8. The van der Waals surface area contributed by atoms with Crippen molar-refractivity contribution in [1.29, 1.82) is 0 Å². The van der Waals surface area contributed by atoms with Crippen LogP contribution in [0.15, 0.2) is 48.2 Å². The first-order chi connectivity index (χ1) is 10.9. The molecule has 0 aromatic heterocycles. The molecule has 0 unspecified atom stereocenters. The summed E-state index contributed by atoms with van der Waals surface area (Å²) in [5.74, 6) is 2.51. The Balaban J connectivity index is 2.89. The van der Waals surface area contributed by atoms with Crippen LogP contribution < -0.4 is 5.32 Å². The Morgan fingerprint density at radius 1 is 1.29 bits per heavy atom. The van der Waals surface area contributed by atoms with E-state index in [0.717, 1.165) is 13.0 Å². The number of carbonyl (C=O) groups is 1. The number of carbonyl (C=O) groups excluding carboxylic acids is 1. The third kappa shape index (κ3) is 6.88.